The summed E-state index contributed by atoms with van der Waals surface area (Å²) in [5.41, 5.74) is 0.892. The van der Waals surface area contributed by atoms with Gasteiger partial charge in [0.05, 0.1) is 0 Å². The van der Waals surface area contributed by atoms with E-state index in [1.807, 2.05) is 41.8 Å². The number of carbonyl (C=O) groups is 1. The normalized spacial score (nSPS) is 28.4. The summed E-state index contributed by atoms with van der Waals surface area (Å²) in [6, 6.07) is 10.3. The van der Waals surface area contributed by atoms with Gasteiger partial charge in [-0.05, 0) is 28.5 Å². The van der Waals surface area contributed by atoms with Gasteiger partial charge in [-0.2, -0.15) is 5.26 Å². The predicted molar refractivity (Wildman–Crippen MR) is 95.6 cm³/mol. The molecule has 1 aliphatic heterocycles. The number of hydrogen-bond acceptors (Lipinski definition) is 5. The van der Waals surface area contributed by atoms with E-state index in [4.69, 9.17) is 4.74 Å². The van der Waals surface area contributed by atoms with E-state index in [0.29, 0.717) is 0 Å². The molecule has 0 amide bonds. The van der Waals surface area contributed by atoms with Crippen LogP contribution in [0.25, 0.3) is 6.08 Å². The molecule has 2 aliphatic rings. The second kappa shape index (κ2) is 6.46. The Morgan fingerprint density at radius 2 is 2.17 bits per heavy atom. The van der Waals surface area contributed by atoms with E-state index in [2.05, 4.69) is 19.9 Å². The Balaban J connectivity index is 1.98. The molecule has 0 fully saturated rings. The van der Waals surface area contributed by atoms with Crippen molar-refractivity contribution in [1.82, 2.24) is 0 Å². The monoisotopic (exact) mass is 343 g/mol. The zero-order chi connectivity index (χ0) is 16.4. The van der Waals surface area contributed by atoms with E-state index in [-0.39, 0.29) is 23.1 Å². The first-order valence-electron chi connectivity index (χ1n) is 7.48. The minimum atomic E-state index is -1.25. The van der Waals surface area contributed by atoms with Crippen molar-refractivity contribution in [2.45, 2.75) is 30.6 Å². The summed E-state index contributed by atoms with van der Waals surface area (Å²) in [7, 11) is 2.95. The summed E-state index contributed by atoms with van der Waals surface area (Å²) in [6.07, 6.45) is 5.44. The van der Waals surface area contributed by atoms with Crippen molar-refractivity contribution < 1.29 is 9.53 Å². The molecule has 1 aromatic rings. The Labute approximate surface area is 144 Å². The van der Waals surface area contributed by atoms with Crippen LogP contribution in [0.15, 0.2) is 41.8 Å². The molecular formula is C18H17NO2S2. The third-order valence-electron chi connectivity index (χ3n) is 4.11. The average Bonchev–Trinajstić information content (AvgIpc) is 3.08. The van der Waals surface area contributed by atoms with Crippen LogP contribution in [0.5, 0.6) is 0 Å². The summed E-state index contributed by atoms with van der Waals surface area (Å²) < 4.78 is 5.77. The summed E-state index contributed by atoms with van der Waals surface area (Å²) in [5.74, 6) is -0.372. The highest BCUT2D eigenvalue weighted by Gasteiger charge is 2.47. The van der Waals surface area contributed by atoms with Gasteiger partial charge in [0.2, 0.25) is 5.60 Å². The number of hydrogen-bond donors (Lipinski definition) is 0. The molecule has 0 bridgehead atoms. The van der Waals surface area contributed by atoms with E-state index in [1.165, 1.54) is 21.6 Å². The van der Waals surface area contributed by atoms with Gasteiger partial charge in [-0.15, -0.1) is 0 Å². The van der Waals surface area contributed by atoms with Gasteiger partial charge in [0.15, 0.2) is 0 Å². The largest absolute Gasteiger partial charge is 0.438 e. The molecule has 3 atom stereocenters. The van der Waals surface area contributed by atoms with E-state index in [9.17, 15) is 10.1 Å². The van der Waals surface area contributed by atoms with E-state index in [1.54, 1.807) is 6.08 Å². The number of rotatable bonds is 3. The summed E-state index contributed by atoms with van der Waals surface area (Å²) in [6.45, 7) is 4.11. The highest BCUT2D eigenvalue weighted by molar-refractivity contribution is 8.78. The number of nitrogens with zero attached hydrogens (tertiary/aromatic N) is 1. The van der Waals surface area contributed by atoms with Crippen LogP contribution < -0.4 is 0 Å². The first-order valence-corrected chi connectivity index (χ1v) is 9.76. The lowest BCUT2D eigenvalue weighted by Gasteiger charge is -2.38. The number of ether oxygens (including phenoxy) is 1. The third-order valence-corrected chi connectivity index (χ3v) is 6.34. The minimum absolute atomic E-state index is 0.162. The van der Waals surface area contributed by atoms with Crippen LogP contribution in [0.2, 0.25) is 0 Å². The molecule has 0 saturated carbocycles. The Kier molecular flexibility index (Phi) is 4.56. The molecule has 0 aromatic heterocycles. The summed E-state index contributed by atoms with van der Waals surface area (Å²) in [5, 5.41) is 11.4. The SMILES string of the molecule is CC(C)C1c2ccccc2C=CC1(C#N)OC(=O)C1C=CSS1. The number of nitriles is 1. The van der Waals surface area contributed by atoms with Gasteiger partial charge in [0.1, 0.15) is 11.3 Å². The third kappa shape index (κ3) is 2.93. The van der Waals surface area contributed by atoms with Crippen LogP contribution in [0.3, 0.4) is 0 Å². The van der Waals surface area contributed by atoms with Crippen molar-refractivity contribution in [1.29, 1.82) is 5.26 Å². The molecule has 3 unspecified atom stereocenters. The zero-order valence-corrected chi connectivity index (χ0v) is 14.6. The van der Waals surface area contributed by atoms with Crippen molar-refractivity contribution in [2.75, 3.05) is 0 Å². The van der Waals surface area contributed by atoms with E-state index < -0.39 is 5.60 Å². The van der Waals surface area contributed by atoms with Gasteiger partial charge in [0, 0.05) is 5.92 Å². The van der Waals surface area contributed by atoms with Crippen LogP contribution in [0, 0.1) is 17.2 Å². The molecule has 0 spiro atoms. The Morgan fingerprint density at radius 3 is 2.83 bits per heavy atom. The van der Waals surface area contributed by atoms with E-state index in [0.717, 1.165) is 11.1 Å². The summed E-state index contributed by atoms with van der Waals surface area (Å²) >= 11 is 0. The Hall–Kier alpha value is -1.64. The standard InChI is InChI=1S/C18H17NO2S2/c1-12(2)16-14-6-4-3-5-13(14)7-9-18(16,11-19)21-17(20)15-8-10-22-23-15/h3-10,12,15-16H,1-2H3. The molecule has 0 radical (unpaired) electrons. The first kappa shape index (κ1) is 16.2. The Morgan fingerprint density at radius 1 is 1.39 bits per heavy atom. The lowest BCUT2D eigenvalue weighted by Crippen LogP contribution is -2.43. The van der Waals surface area contributed by atoms with Gasteiger partial charge in [-0.25, -0.2) is 0 Å². The van der Waals surface area contributed by atoms with Crippen molar-refractivity contribution in [2.24, 2.45) is 5.92 Å². The van der Waals surface area contributed by atoms with Crippen LogP contribution in [0.1, 0.15) is 30.9 Å². The molecule has 0 N–H and O–H groups in total. The van der Waals surface area contributed by atoms with Crippen molar-refractivity contribution in [3.8, 4) is 6.07 Å². The van der Waals surface area contributed by atoms with Gasteiger partial charge < -0.3 is 4.74 Å². The molecular weight excluding hydrogens is 326 g/mol. The van der Waals surface area contributed by atoms with Crippen LogP contribution in [-0.2, 0) is 9.53 Å². The highest BCUT2D eigenvalue weighted by Crippen LogP contribution is 2.45. The van der Waals surface area contributed by atoms with Gasteiger partial charge in [-0.1, -0.05) is 71.9 Å². The molecule has 3 nitrogen and oxygen atoms in total. The zero-order valence-electron chi connectivity index (χ0n) is 12.9. The fourth-order valence-electron chi connectivity index (χ4n) is 3.15. The van der Waals surface area contributed by atoms with Gasteiger partial charge in [-0.3, -0.25) is 4.79 Å². The summed E-state index contributed by atoms with van der Waals surface area (Å²) in [4.78, 5) is 12.5. The van der Waals surface area contributed by atoms with Crippen LogP contribution in [-0.4, -0.2) is 16.8 Å². The second-order valence-corrected chi connectivity index (χ2v) is 8.27. The molecule has 0 saturated heterocycles. The van der Waals surface area contributed by atoms with Crippen LogP contribution in [0.4, 0.5) is 0 Å². The molecule has 23 heavy (non-hydrogen) atoms. The maximum atomic E-state index is 12.5. The number of fused-ring (bicyclic) bond motifs is 1. The average molecular weight is 343 g/mol. The molecule has 5 heteroatoms. The smallest absolute Gasteiger partial charge is 0.325 e. The van der Waals surface area contributed by atoms with Crippen molar-refractivity contribution in [3.05, 3.63) is 53.0 Å². The van der Waals surface area contributed by atoms with Crippen molar-refractivity contribution >= 4 is 33.6 Å². The molecule has 3 rings (SSSR count). The van der Waals surface area contributed by atoms with Gasteiger partial charge in [0.25, 0.3) is 0 Å². The minimum Gasteiger partial charge on any atom is -0.438 e. The van der Waals surface area contributed by atoms with Crippen LogP contribution >= 0.6 is 21.6 Å². The molecule has 118 valence electrons. The number of esters is 1. The molecule has 1 aliphatic carbocycles. The number of carbonyl (C=O) groups excluding carboxylic acids is 1. The van der Waals surface area contributed by atoms with Crippen molar-refractivity contribution in [3.63, 3.8) is 0 Å². The predicted octanol–water partition coefficient (Wildman–Crippen LogP) is 4.54. The second-order valence-electron chi connectivity index (χ2n) is 5.95. The quantitative estimate of drug-likeness (QED) is 0.596. The molecule has 1 heterocycles. The molecule has 1 aromatic carbocycles. The fourth-order valence-corrected chi connectivity index (χ4v) is 5.09. The maximum Gasteiger partial charge on any atom is 0.325 e. The lowest BCUT2D eigenvalue weighted by atomic mass is 9.71. The topological polar surface area (TPSA) is 50.1 Å². The van der Waals surface area contributed by atoms with E-state index >= 15 is 0 Å². The maximum absolute atomic E-state index is 12.5. The number of benzene rings is 1. The fraction of sp³-hybridized carbons (Fsp3) is 0.333. The first-order chi connectivity index (χ1) is 11.1. The highest BCUT2D eigenvalue weighted by atomic mass is 33.1. The lowest BCUT2D eigenvalue weighted by molar-refractivity contribution is -0.151. The Bertz CT molecular complexity index is 720. The van der Waals surface area contributed by atoms with Gasteiger partial charge >= 0.3 is 5.97 Å².